The fourth-order valence-corrected chi connectivity index (χ4v) is 1.13. The lowest BCUT2D eigenvalue weighted by atomic mass is 10.3. The first-order valence-corrected chi connectivity index (χ1v) is 5.25. The molecule has 0 heterocycles. The normalized spacial score (nSPS) is 15.5. The van der Waals surface area contributed by atoms with E-state index in [1.807, 2.05) is 0 Å². The molecule has 0 fully saturated rings. The quantitative estimate of drug-likeness (QED) is 0.729. The smallest absolute Gasteiger partial charge is 0.413 e. The van der Waals surface area contributed by atoms with Gasteiger partial charge in [0.2, 0.25) is 0 Å². The van der Waals surface area contributed by atoms with Crippen molar-refractivity contribution in [2.45, 2.75) is 0 Å². The molecule has 0 spiro atoms. The molecule has 0 amide bonds. The maximum Gasteiger partial charge on any atom is 0.474 e. The molecule has 1 radical (unpaired) electrons. The van der Waals surface area contributed by atoms with Crippen LogP contribution in [0.15, 0.2) is 24.3 Å². The summed E-state index contributed by atoms with van der Waals surface area (Å²) in [7, 11) is 0. The lowest BCUT2D eigenvalue weighted by Crippen LogP contribution is -1.83. The molecule has 0 aliphatic rings. The van der Waals surface area contributed by atoms with Crippen LogP contribution in [0.1, 0.15) is 0 Å². The zero-order valence-corrected chi connectivity index (χ0v) is 7.05. The van der Waals surface area contributed by atoms with E-state index in [4.69, 9.17) is 16.1 Å². The van der Waals surface area contributed by atoms with E-state index in [1.165, 1.54) is 6.07 Å². The van der Waals surface area contributed by atoms with Crippen LogP contribution in [0.25, 0.3) is 0 Å². The summed E-state index contributed by atoms with van der Waals surface area (Å²) in [5.41, 5.74) is 0. The average Bonchev–Trinajstić information content (AvgIpc) is 1.85. The molecule has 0 bridgehead atoms. The maximum atomic E-state index is 10.5. The summed E-state index contributed by atoms with van der Waals surface area (Å²) in [6, 6.07) is 9.00. The standard InChI is InChI=1S/C6H5ClO3P/c7-11(8,9)10-6-4-2-1-3-5-6/h1-4H,(H,8,9). The van der Waals surface area contributed by atoms with E-state index in [1.54, 1.807) is 18.2 Å². The molecule has 59 valence electrons. The van der Waals surface area contributed by atoms with E-state index in [-0.39, 0.29) is 5.75 Å². The van der Waals surface area contributed by atoms with Gasteiger partial charge in [-0.05, 0) is 6.07 Å². The molecule has 1 unspecified atom stereocenters. The molecule has 1 rings (SSSR count). The molecular weight excluding hydrogens is 186 g/mol. The molecule has 0 aliphatic carbocycles. The van der Waals surface area contributed by atoms with Gasteiger partial charge in [-0.3, -0.25) is 0 Å². The van der Waals surface area contributed by atoms with Crippen molar-refractivity contribution in [3.05, 3.63) is 30.3 Å². The summed E-state index contributed by atoms with van der Waals surface area (Å²) >= 11 is 4.94. The first-order chi connectivity index (χ1) is 5.08. The van der Waals surface area contributed by atoms with Gasteiger partial charge in [0.1, 0.15) is 5.75 Å². The van der Waals surface area contributed by atoms with Crippen molar-refractivity contribution in [2.24, 2.45) is 0 Å². The molecule has 0 saturated carbocycles. The summed E-state index contributed by atoms with van der Waals surface area (Å²) in [4.78, 5) is 8.55. The molecule has 0 aromatic heterocycles. The Balaban J connectivity index is 2.74. The number of rotatable bonds is 2. The van der Waals surface area contributed by atoms with Crippen molar-refractivity contribution in [3.63, 3.8) is 0 Å². The minimum atomic E-state index is -3.95. The fourth-order valence-electron chi connectivity index (χ4n) is 0.555. The molecule has 1 aromatic rings. The van der Waals surface area contributed by atoms with Gasteiger partial charge in [-0.2, -0.15) is 0 Å². The first kappa shape index (κ1) is 8.60. The van der Waals surface area contributed by atoms with Gasteiger partial charge in [-0.1, -0.05) is 18.2 Å². The number of para-hydroxylation sites is 1. The van der Waals surface area contributed by atoms with Crippen LogP contribution < -0.4 is 4.52 Å². The topological polar surface area (TPSA) is 46.5 Å². The molecule has 11 heavy (non-hydrogen) atoms. The Bertz CT molecular complexity index is 268. The van der Waals surface area contributed by atoms with Crippen molar-refractivity contribution >= 4 is 18.2 Å². The van der Waals surface area contributed by atoms with Crippen molar-refractivity contribution in [1.82, 2.24) is 0 Å². The molecule has 0 saturated heterocycles. The number of hydrogen-bond acceptors (Lipinski definition) is 2. The summed E-state index contributed by atoms with van der Waals surface area (Å²) in [5.74, 6) is 0.160. The Morgan fingerprint density at radius 3 is 2.82 bits per heavy atom. The molecule has 1 N–H and O–H groups in total. The predicted molar refractivity (Wildman–Crippen MR) is 41.6 cm³/mol. The first-order valence-electron chi connectivity index (χ1n) is 2.77. The summed E-state index contributed by atoms with van der Waals surface area (Å²) < 4.78 is 14.9. The van der Waals surface area contributed by atoms with E-state index in [9.17, 15) is 4.57 Å². The van der Waals surface area contributed by atoms with E-state index in [0.717, 1.165) is 0 Å². The van der Waals surface area contributed by atoms with E-state index < -0.39 is 6.95 Å². The Kier molecular flexibility index (Phi) is 2.55. The zero-order chi connectivity index (χ0) is 8.32. The van der Waals surface area contributed by atoms with Crippen LogP contribution in [0.3, 0.4) is 0 Å². The van der Waals surface area contributed by atoms with E-state index in [2.05, 4.69) is 10.6 Å². The highest BCUT2D eigenvalue weighted by molar-refractivity contribution is 7.80. The van der Waals surface area contributed by atoms with Crippen molar-refractivity contribution in [1.29, 1.82) is 0 Å². The highest BCUT2D eigenvalue weighted by Crippen LogP contribution is 2.47. The van der Waals surface area contributed by atoms with Gasteiger partial charge < -0.3 is 9.42 Å². The highest BCUT2D eigenvalue weighted by Gasteiger charge is 2.14. The summed E-state index contributed by atoms with van der Waals surface area (Å²) in [5, 5.41) is 0. The maximum absolute atomic E-state index is 10.5. The van der Waals surface area contributed by atoms with E-state index in [0.29, 0.717) is 0 Å². The lowest BCUT2D eigenvalue weighted by Gasteiger charge is -2.03. The van der Waals surface area contributed by atoms with Crippen LogP contribution in [-0.2, 0) is 4.57 Å². The Morgan fingerprint density at radius 2 is 2.36 bits per heavy atom. The van der Waals surface area contributed by atoms with Gasteiger partial charge >= 0.3 is 6.95 Å². The van der Waals surface area contributed by atoms with Gasteiger partial charge in [0.25, 0.3) is 0 Å². The summed E-state index contributed by atoms with van der Waals surface area (Å²) in [6.45, 7) is -3.95. The Morgan fingerprint density at radius 1 is 1.64 bits per heavy atom. The summed E-state index contributed by atoms with van der Waals surface area (Å²) in [6.07, 6.45) is 0. The van der Waals surface area contributed by atoms with Gasteiger partial charge in [0, 0.05) is 17.3 Å². The number of benzene rings is 1. The fraction of sp³-hybridized carbons (Fsp3) is 0. The van der Waals surface area contributed by atoms with Gasteiger partial charge in [-0.15, -0.1) is 0 Å². The molecule has 5 heteroatoms. The second-order valence-electron chi connectivity index (χ2n) is 1.77. The van der Waals surface area contributed by atoms with Gasteiger partial charge in [-0.25, -0.2) is 4.57 Å². The monoisotopic (exact) mass is 191 g/mol. The third kappa shape index (κ3) is 3.42. The van der Waals surface area contributed by atoms with Crippen LogP contribution in [0.5, 0.6) is 5.75 Å². The van der Waals surface area contributed by atoms with Gasteiger partial charge in [0.15, 0.2) is 0 Å². The average molecular weight is 192 g/mol. The third-order valence-corrected chi connectivity index (χ3v) is 1.52. The van der Waals surface area contributed by atoms with Crippen molar-refractivity contribution in [2.75, 3.05) is 0 Å². The van der Waals surface area contributed by atoms with Gasteiger partial charge in [0.05, 0.1) is 0 Å². The van der Waals surface area contributed by atoms with Crippen LogP contribution in [-0.4, -0.2) is 4.89 Å². The molecule has 0 aliphatic heterocycles. The van der Waals surface area contributed by atoms with Crippen LogP contribution in [0.2, 0.25) is 0 Å². The second-order valence-corrected chi connectivity index (χ2v) is 4.14. The minimum absolute atomic E-state index is 0.160. The SMILES string of the molecule is O=P(O)(Cl)Oc1[c]cccc1. The highest BCUT2D eigenvalue weighted by atomic mass is 35.7. The van der Waals surface area contributed by atoms with Crippen molar-refractivity contribution < 1.29 is 14.0 Å². The van der Waals surface area contributed by atoms with Crippen molar-refractivity contribution in [3.8, 4) is 5.75 Å². The Labute approximate surface area is 68.9 Å². The van der Waals surface area contributed by atoms with Crippen LogP contribution in [0, 0.1) is 6.07 Å². The molecule has 1 atom stereocenters. The van der Waals surface area contributed by atoms with Crippen LogP contribution in [0.4, 0.5) is 0 Å². The zero-order valence-electron chi connectivity index (χ0n) is 5.40. The lowest BCUT2D eigenvalue weighted by molar-refractivity contribution is 0.400. The minimum Gasteiger partial charge on any atom is -0.413 e. The predicted octanol–water partition coefficient (Wildman–Crippen LogP) is 2.20. The molecule has 3 nitrogen and oxygen atoms in total. The molecular formula is C6H5ClO3P. The molecule has 1 aromatic carbocycles. The Hall–Kier alpha value is -0.500. The number of hydrogen-bond donors (Lipinski definition) is 1. The van der Waals surface area contributed by atoms with Crippen LogP contribution >= 0.6 is 18.2 Å². The second kappa shape index (κ2) is 3.26. The third-order valence-electron chi connectivity index (χ3n) is 0.891. The largest absolute Gasteiger partial charge is 0.474 e. The van der Waals surface area contributed by atoms with E-state index >= 15 is 0 Å². The number of halogens is 1.